The van der Waals surface area contributed by atoms with E-state index in [4.69, 9.17) is 14.4 Å². The second-order valence-electron chi connectivity index (χ2n) is 5.80. The molecule has 0 aliphatic carbocycles. The highest BCUT2D eigenvalue weighted by Crippen LogP contribution is 2.18. The average Bonchev–Trinajstić information content (AvgIpc) is 3.24. The molecule has 0 fully saturated rings. The molecule has 3 rings (SSSR count). The SMILES string of the molecule is N#Cc1cccc(NC(=O)COC(=O)c2ccccc2NCc2ccco2)c1. The van der Waals surface area contributed by atoms with Crippen molar-refractivity contribution in [1.29, 1.82) is 5.26 Å². The minimum Gasteiger partial charge on any atom is -0.467 e. The lowest BCUT2D eigenvalue weighted by Gasteiger charge is -2.11. The number of amides is 1. The smallest absolute Gasteiger partial charge is 0.340 e. The number of hydrogen-bond acceptors (Lipinski definition) is 6. The van der Waals surface area contributed by atoms with Crippen LogP contribution in [0.5, 0.6) is 0 Å². The molecule has 1 amide bonds. The fourth-order valence-corrected chi connectivity index (χ4v) is 2.48. The Labute approximate surface area is 161 Å². The first-order valence-electron chi connectivity index (χ1n) is 8.48. The van der Waals surface area contributed by atoms with Crippen LogP contribution in [0, 0.1) is 11.3 Å². The minimum absolute atomic E-state index is 0.313. The van der Waals surface area contributed by atoms with Crippen LogP contribution in [-0.2, 0) is 16.1 Å². The van der Waals surface area contributed by atoms with Crippen LogP contribution in [0.15, 0.2) is 71.3 Å². The fraction of sp³-hybridized carbons (Fsp3) is 0.0952. The van der Waals surface area contributed by atoms with E-state index in [1.807, 2.05) is 12.1 Å². The summed E-state index contributed by atoms with van der Waals surface area (Å²) in [4.78, 5) is 24.4. The van der Waals surface area contributed by atoms with Crippen molar-refractivity contribution < 1.29 is 18.7 Å². The van der Waals surface area contributed by atoms with Gasteiger partial charge in [-0.2, -0.15) is 5.26 Å². The number of ether oxygens (including phenoxy) is 1. The Morgan fingerprint density at radius 3 is 2.71 bits per heavy atom. The lowest BCUT2D eigenvalue weighted by atomic mass is 10.2. The number of rotatable bonds is 7. The van der Waals surface area contributed by atoms with Gasteiger partial charge in [-0.05, 0) is 42.5 Å². The molecule has 0 bridgehead atoms. The number of nitrogens with zero attached hydrogens (tertiary/aromatic N) is 1. The lowest BCUT2D eigenvalue weighted by Crippen LogP contribution is -2.21. The Hall–Kier alpha value is -4.05. The molecule has 2 N–H and O–H groups in total. The van der Waals surface area contributed by atoms with Crippen LogP contribution in [0.2, 0.25) is 0 Å². The average molecular weight is 375 g/mol. The molecule has 140 valence electrons. The van der Waals surface area contributed by atoms with Crippen molar-refractivity contribution in [2.75, 3.05) is 17.2 Å². The zero-order chi connectivity index (χ0) is 19.8. The molecule has 3 aromatic rings. The maximum absolute atomic E-state index is 12.4. The van der Waals surface area contributed by atoms with Crippen LogP contribution in [0.4, 0.5) is 11.4 Å². The van der Waals surface area contributed by atoms with E-state index >= 15 is 0 Å². The molecule has 0 spiro atoms. The van der Waals surface area contributed by atoms with Gasteiger partial charge >= 0.3 is 5.97 Å². The molecule has 0 saturated heterocycles. The third-order valence-corrected chi connectivity index (χ3v) is 3.79. The minimum atomic E-state index is -0.622. The molecular weight excluding hydrogens is 358 g/mol. The predicted octanol–water partition coefficient (Wildman–Crippen LogP) is 3.56. The van der Waals surface area contributed by atoms with E-state index < -0.39 is 18.5 Å². The van der Waals surface area contributed by atoms with Crippen molar-refractivity contribution >= 4 is 23.3 Å². The molecule has 2 aromatic carbocycles. The largest absolute Gasteiger partial charge is 0.467 e. The third kappa shape index (κ3) is 4.99. The molecule has 7 nitrogen and oxygen atoms in total. The summed E-state index contributed by atoms with van der Waals surface area (Å²) in [6.07, 6.45) is 1.57. The molecule has 0 atom stereocenters. The molecule has 0 unspecified atom stereocenters. The Bertz CT molecular complexity index is 1010. The lowest BCUT2D eigenvalue weighted by molar-refractivity contribution is -0.119. The highest BCUT2D eigenvalue weighted by atomic mass is 16.5. The topological polar surface area (TPSA) is 104 Å². The zero-order valence-corrected chi connectivity index (χ0v) is 14.8. The molecule has 1 heterocycles. The van der Waals surface area contributed by atoms with Crippen molar-refractivity contribution in [3.63, 3.8) is 0 Å². The number of esters is 1. The molecule has 0 aliphatic rings. The number of hydrogen-bond donors (Lipinski definition) is 2. The highest BCUT2D eigenvalue weighted by molar-refractivity contribution is 5.98. The van der Waals surface area contributed by atoms with Crippen LogP contribution in [0.25, 0.3) is 0 Å². The van der Waals surface area contributed by atoms with Crippen molar-refractivity contribution in [2.45, 2.75) is 6.54 Å². The third-order valence-electron chi connectivity index (χ3n) is 3.79. The Morgan fingerprint density at radius 2 is 1.93 bits per heavy atom. The first-order valence-corrected chi connectivity index (χ1v) is 8.48. The molecule has 0 saturated carbocycles. The van der Waals surface area contributed by atoms with E-state index in [9.17, 15) is 9.59 Å². The van der Waals surface area contributed by atoms with E-state index in [2.05, 4.69) is 10.6 Å². The van der Waals surface area contributed by atoms with Crippen molar-refractivity contribution in [3.05, 3.63) is 83.8 Å². The van der Waals surface area contributed by atoms with Gasteiger partial charge in [0.15, 0.2) is 6.61 Å². The highest BCUT2D eigenvalue weighted by Gasteiger charge is 2.14. The monoisotopic (exact) mass is 375 g/mol. The van der Waals surface area contributed by atoms with E-state index in [1.54, 1.807) is 54.8 Å². The number of para-hydroxylation sites is 1. The molecule has 1 aromatic heterocycles. The Kier molecular flexibility index (Phi) is 6.06. The number of nitrogens with one attached hydrogen (secondary N) is 2. The fourth-order valence-electron chi connectivity index (χ4n) is 2.48. The summed E-state index contributed by atoms with van der Waals surface area (Å²) >= 11 is 0. The molecule has 7 heteroatoms. The van der Waals surface area contributed by atoms with Crippen LogP contribution in [-0.4, -0.2) is 18.5 Å². The summed E-state index contributed by atoms with van der Waals surface area (Å²) in [5.41, 5.74) is 1.77. The predicted molar refractivity (Wildman–Crippen MR) is 103 cm³/mol. The second-order valence-corrected chi connectivity index (χ2v) is 5.80. The number of benzene rings is 2. The van der Waals surface area contributed by atoms with Gasteiger partial charge in [-0.1, -0.05) is 18.2 Å². The summed E-state index contributed by atoms with van der Waals surface area (Å²) in [5.74, 6) is -0.393. The summed E-state index contributed by atoms with van der Waals surface area (Å²) in [6, 6.07) is 18.9. The second kappa shape index (κ2) is 9.05. The van der Waals surface area contributed by atoms with Gasteiger partial charge in [0.2, 0.25) is 0 Å². The number of furan rings is 1. The maximum Gasteiger partial charge on any atom is 0.340 e. The normalized spacial score (nSPS) is 9.96. The molecule has 28 heavy (non-hydrogen) atoms. The first-order chi connectivity index (χ1) is 13.7. The summed E-state index contributed by atoms with van der Waals surface area (Å²) in [5, 5.41) is 14.6. The Morgan fingerprint density at radius 1 is 1.07 bits per heavy atom. The standard InChI is InChI=1S/C21H17N3O4/c22-12-15-5-3-6-16(11-15)24-20(25)14-28-21(26)18-8-1-2-9-19(18)23-13-17-7-4-10-27-17/h1-11,23H,13-14H2,(H,24,25). The van der Waals surface area contributed by atoms with Gasteiger partial charge in [0.1, 0.15) is 5.76 Å². The van der Waals surface area contributed by atoms with Gasteiger partial charge in [-0.3, -0.25) is 4.79 Å². The molecule has 0 aliphatic heterocycles. The van der Waals surface area contributed by atoms with Crippen LogP contribution in [0.3, 0.4) is 0 Å². The van der Waals surface area contributed by atoms with Crippen molar-refractivity contribution in [3.8, 4) is 6.07 Å². The zero-order valence-electron chi connectivity index (χ0n) is 14.8. The van der Waals surface area contributed by atoms with Crippen molar-refractivity contribution in [1.82, 2.24) is 0 Å². The van der Waals surface area contributed by atoms with Gasteiger partial charge in [0.25, 0.3) is 5.91 Å². The van der Waals surface area contributed by atoms with Crippen LogP contribution in [0.1, 0.15) is 21.7 Å². The maximum atomic E-state index is 12.4. The van der Waals surface area contributed by atoms with Gasteiger partial charge in [0, 0.05) is 11.4 Å². The summed E-state index contributed by atoms with van der Waals surface area (Å²) < 4.78 is 10.4. The van der Waals surface area contributed by atoms with Crippen molar-refractivity contribution in [2.24, 2.45) is 0 Å². The number of carbonyl (C=O) groups is 2. The first kappa shape index (κ1) is 18.7. The summed E-state index contributed by atoms with van der Waals surface area (Å²) in [7, 11) is 0. The number of carbonyl (C=O) groups excluding carboxylic acids is 2. The van der Waals surface area contributed by atoms with Gasteiger partial charge in [0.05, 0.1) is 30.0 Å². The number of anilines is 2. The molecule has 0 radical (unpaired) electrons. The van der Waals surface area contributed by atoms with E-state index in [-0.39, 0.29) is 0 Å². The quantitative estimate of drug-likeness (QED) is 0.612. The van der Waals surface area contributed by atoms with Crippen LogP contribution < -0.4 is 10.6 Å². The Balaban J connectivity index is 1.57. The van der Waals surface area contributed by atoms with Gasteiger partial charge < -0.3 is 19.8 Å². The van der Waals surface area contributed by atoms with E-state index in [0.717, 1.165) is 5.76 Å². The van der Waals surface area contributed by atoms with E-state index in [1.165, 1.54) is 6.07 Å². The van der Waals surface area contributed by atoms with Gasteiger partial charge in [-0.25, -0.2) is 4.79 Å². The van der Waals surface area contributed by atoms with E-state index in [0.29, 0.717) is 29.0 Å². The van der Waals surface area contributed by atoms with Gasteiger partial charge in [-0.15, -0.1) is 0 Å². The molecular formula is C21H17N3O4. The summed E-state index contributed by atoms with van der Waals surface area (Å²) in [6.45, 7) is -0.0326. The number of nitriles is 1. The van der Waals surface area contributed by atoms with Crippen LogP contribution >= 0.6 is 0 Å².